The van der Waals surface area contributed by atoms with E-state index in [0.29, 0.717) is 18.4 Å². The molecule has 2 nitrogen and oxygen atoms in total. The summed E-state index contributed by atoms with van der Waals surface area (Å²) in [5.74, 6) is -0.424. The molecule has 0 aromatic heterocycles. The van der Waals surface area contributed by atoms with Crippen LogP contribution in [0.3, 0.4) is 0 Å². The maximum absolute atomic E-state index is 13.7. The van der Waals surface area contributed by atoms with Crippen LogP contribution in [0.15, 0.2) is 6.07 Å². The van der Waals surface area contributed by atoms with Gasteiger partial charge in [0.15, 0.2) is 11.6 Å². The molecule has 0 N–H and O–H groups in total. The van der Waals surface area contributed by atoms with E-state index < -0.39 is 5.82 Å². The lowest BCUT2D eigenvalue weighted by atomic mass is 10.1. The van der Waals surface area contributed by atoms with E-state index in [-0.39, 0.29) is 10.8 Å². The molecule has 0 spiro atoms. The van der Waals surface area contributed by atoms with E-state index in [9.17, 15) is 9.18 Å². The third-order valence-electron chi connectivity index (χ3n) is 2.15. The first-order valence-electron chi connectivity index (χ1n) is 4.57. The van der Waals surface area contributed by atoms with Gasteiger partial charge in [-0.1, -0.05) is 17.7 Å². The monoisotopic (exact) mass is 230 g/mol. The Balaban J connectivity index is 3.17. The number of ether oxygens (including phenoxy) is 1. The lowest BCUT2D eigenvalue weighted by molar-refractivity contribution is -0.107. The van der Waals surface area contributed by atoms with Crippen LogP contribution in [0.25, 0.3) is 0 Å². The molecule has 0 aliphatic carbocycles. The van der Waals surface area contributed by atoms with Crippen LogP contribution in [0.1, 0.15) is 17.5 Å². The van der Waals surface area contributed by atoms with Crippen LogP contribution in [-0.2, 0) is 11.2 Å². The van der Waals surface area contributed by atoms with Crippen molar-refractivity contribution in [2.75, 3.05) is 7.11 Å². The van der Waals surface area contributed by atoms with Gasteiger partial charge in [0.1, 0.15) is 6.29 Å². The second kappa shape index (κ2) is 5.12. The molecule has 0 atom stereocenters. The predicted octanol–water partition coefficient (Wildman–Crippen LogP) is 2.93. The molecule has 1 rings (SSSR count). The topological polar surface area (TPSA) is 26.3 Å². The van der Waals surface area contributed by atoms with E-state index in [0.717, 1.165) is 11.8 Å². The number of aldehydes is 1. The lowest BCUT2D eigenvalue weighted by Crippen LogP contribution is -1.98. The van der Waals surface area contributed by atoms with E-state index in [1.807, 2.05) is 0 Å². The molecule has 82 valence electrons. The highest BCUT2D eigenvalue weighted by Crippen LogP contribution is 2.33. The van der Waals surface area contributed by atoms with Crippen LogP contribution in [-0.4, -0.2) is 13.4 Å². The minimum absolute atomic E-state index is 0.0533. The summed E-state index contributed by atoms with van der Waals surface area (Å²) in [6.45, 7) is 1.77. The SMILES string of the molecule is COc1c(F)c(CCC=O)cc(C)c1Cl. The van der Waals surface area contributed by atoms with Crippen molar-refractivity contribution >= 4 is 17.9 Å². The predicted molar refractivity (Wildman–Crippen MR) is 57.1 cm³/mol. The third-order valence-corrected chi connectivity index (χ3v) is 2.62. The van der Waals surface area contributed by atoms with Gasteiger partial charge < -0.3 is 9.53 Å². The van der Waals surface area contributed by atoms with Crippen LogP contribution >= 0.6 is 11.6 Å². The van der Waals surface area contributed by atoms with Gasteiger partial charge in [0.25, 0.3) is 0 Å². The Bertz CT molecular complexity index is 377. The maximum Gasteiger partial charge on any atom is 0.173 e. The van der Waals surface area contributed by atoms with Gasteiger partial charge in [0.2, 0.25) is 0 Å². The molecule has 15 heavy (non-hydrogen) atoms. The van der Waals surface area contributed by atoms with Crippen molar-refractivity contribution in [1.29, 1.82) is 0 Å². The highest BCUT2D eigenvalue weighted by Gasteiger charge is 2.15. The molecular formula is C11H12ClFO2. The first kappa shape index (κ1) is 12.0. The third kappa shape index (κ3) is 2.48. The van der Waals surface area contributed by atoms with E-state index in [1.54, 1.807) is 13.0 Å². The number of methoxy groups -OCH3 is 1. The highest BCUT2D eigenvalue weighted by molar-refractivity contribution is 6.32. The van der Waals surface area contributed by atoms with Gasteiger partial charge in [-0.3, -0.25) is 0 Å². The van der Waals surface area contributed by atoms with Crippen molar-refractivity contribution in [3.63, 3.8) is 0 Å². The summed E-state index contributed by atoms with van der Waals surface area (Å²) in [7, 11) is 1.37. The molecule has 1 aromatic carbocycles. The van der Waals surface area contributed by atoms with Gasteiger partial charge in [0, 0.05) is 6.42 Å². The molecular weight excluding hydrogens is 219 g/mol. The minimum atomic E-state index is -0.477. The van der Waals surface area contributed by atoms with E-state index in [2.05, 4.69) is 0 Å². The Kier molecular flexibility index (Phi) is 4.09. The Morgan fingerprint density at radius 1 is 1.60 bits per heavy atom. The van der Waals surface area contributed by atoms with Crippen molar-refractivity contribution in [2.45, 2.75) is 19.8 Å². The van der Waals surface area contributed by atoms with E-state index >= 15 is 0 Å². The van der Waals surface area contributed by atoms with Gasteiger partial charge in [-0.15, -0.1) is 0 Å². The molecule has 1 aromatic rings. The Labute approximate surface area is 93.0 Å². The zero-order valence-corrected chi connectivity index (χ0v) is 9.40. The Morgan fingerprint density at radius 3 is 2.80 bits per heavy atom. The zero-order valence-electron chi connectivity index (χ0n) is 8.64. The van der Waals surface area contributed by atoms with E-state index in [4.69, 9.17) is 16.3 Å². The fourth-order valence-electron chi connectivity index (χ4n) is 1.38. The van der Waals surface area contributed by atoms with Crippen molar-refractivity contribution in [2.24, 2.45) is 0 Å². The molecule has 0 aliphatic rings. The largest absolute Gasteiger partial charge is 0.492 e. The summed E-state index contributed by atoms with van der Waals surface area (Å²) in [5, 5.41) is 0.282. The molecule has 0 radical (unpaired) electrons. The first-order chi connectivity index (χ1) is 7.11. The number of hydrogen-bond donors (Lipinski definition) is 0. The number of aryl methyl sites for hydroxylation is 2. The summed E-state index contributed by atoms with van der Waals surface area (Å²) in [6, 6.07) is 1.64. The summed E-state index contributed by atoms with van der Waals surface area (Å²) in [5.41, 5.74) is 1.21. The molecule has 0 saturated carbocycles. The number of carbonyl (C=O) groups excluding carboxylic acids is 1. The molecule has 0 heterocycles. The summed E-state index contributed by atoms with van der Waals surface area (Å²) in [4.78, 5) is 10.2. The molecule has 0 saturated heterocycles. The highest BCUT2D eigenvalue weighted by atomic mass is 35.5. The molecule has 0 unspecified atom stereocenters. The van der Waals surface area contributed by atoms with Gasteiger partial charge in [-0.2, -0.15) is 0 Å². The average molecular weight is 231 g/mol. The molecule has 4 heteroatoms. The summed E-state index contributed by atoms with van der Waals surface area (Å²) in [6.07, 6.45) is 1.42. The van der Waals surface area contributed by atoms with Crippen molar-refractivity contribution in [1.82, 2.24) is 0 Å². The minimum Gasteiger partial charge on any atom is -0.492 e. The number of benzene rings is 1. The number of halogens is 2. The quantitative estimate of drug-likeness (QED) is 0.744. The number of hydrogen-bond acceptors (Lipinski definition) is 2. The smallest absolute Gasteiger partial charge is 0.173 e. The Hall–Kier alpha value is -1.09. The van der Waals surface area contributed by atoms with Crippen molar-refractivity contribution in [3.05, 3.63) is 28.0 Å². The molecule has 0 aliphatic heterocycles. The molecule has 0 bridgehead atoms. The standard InChI is InChI=1S/C11H12ClFO2/c1-7-6-8(4-3-5-14)10(13)11(15-2)9(7)12/h5-6H,3-4H2,1-2H3. The second-order valence-electron chi connectivity index (χ2n) is 3.22. The average Bonchev–Trinajstić information content (AvgIpc) is 2.22. The first-order valence-corrected chi connectivity index (χ1v) is 4.94. The van der Waals surface area contributed by atoms with Crippen molar-refractivity contribution in [3.8, 4) is 5.75 Å². The van der Waals surface area contributed by atoms with Crippen LogP contribution in [0.4, 0.5) is 4.39 Å². The van der Waals surface area contributed by atoms with Gasteiger partial charge in [-0.25, -0.2) is 4.39 Å². The second-order valence-corrected chi connectivity index (χ2v) is 3.60. The summed E-state index contributed by atoms with van der Waals surface area (Å²) < 4.78 is 18.6. The van der Waals surface area contributed by atoms with Crippen molar-refractivity contribution < 1.29 is 13.9 Å². The fourth-order valence-corrected chi connectivity index (χ4v) is 1.60. The van der Waals surface area contributed by atoms with Crippen LogP contribution in [0.2, 0.25) is 5.02 Å². The summed E-state index contributed by atoms with van der Waals surface area (Å²) >= 11 is 5.87. The zero-order chi connectivity index (χ0) is 11.4. The van der Waals surface area contributed by atoms with Crippen LogP contribution < -0.4 is 4.74 Å². The number of carbonyl (C=O) groups is 1. The molecule has 0 amide bonds. The van der Waals surface area contributed by atoms with E-state index in [1.165, 1.54) is 7.11 Å². The fraction of sp³-hybridized carbons (Fsp3) is 0.364. The number of rotatable bonds is 4. The normalized spacial score (nSPS) is 10.1. The molecule has 0 fully saturated rings. The lowest BCUT2D eigenvalue weighted by Gasteiger charge is -2.11. The van der Waals surface area contributed by atoms with Crippen LogP contribution in [0, 0.1) is 12.7 Å². The van der Waals surface area contributed by atoms with Gasteiger partial charge in [0.05, 0.1) is 12.1 Å². The Morgan fingerprint density at radius 2 is 2.27 bits per heavy atom. The van der Waals surface area contributed by atoms with Crippen LogP contribution in [0.5, 0.6) is 5.75 Å². The van der Waals surface area contributed by atoms with Gasteiger partial charge in [-0.05, 0) is 24.5 Å². The van der Waals surface area contributed by atoms with Gasteiger partial charge >= 0.3 is 0 Å². The maximum atomic E-state index is 13.7.